The molecule has 1 N–H and O–H groups in total. The maximum absolute atomic E-state index is 13.2. The molecule has 170 valence electrons. The van der Waals surface area contributed by atoms with Crippen LogP contribution in [-0.2, 0) is 6.54 Å². The Morgan fingerprint density at radius 2 is 1.74 bits per heavy atom. The number of ether oxygens (including phenoxy) is 1. The summed E-state index contributed by atoms with van der Waals surface area (Å²) in [5, 5.41) is 7.79. The summed E-state index contributed by atoms with van der Waals surface area (Å²) in [7, 11) is 1.63. The van der Waals surface area contributed by atoms with E-state index in [0.717, 1.165) is 41.0 Å². The molecule has 34 heavy (non-hydrogen) atoms. The average Bonchev–Trinajstić information content (AvgIpc) is 3.52. The van der Waals surface area contributed by atoms with E-state index in [1.807, 2.05) is 79.1 Å². The molecule has 5 aromatic rings. The number of aromatic nitrogens is 4. The van der Waals surface area contributed by atoms with Gasteiger partial charge in [-0.2, -0.15) is 5.10 Å². The number of amides is 1. The summed E-state index contributed by atoms with van der Waals surface area (Å²) in [6, 6.07) is 25.4. The molecule has 0 radical (unpaired) electrons. The van der Waals surface area contributed by atoms with Gasteiger partial charge in [-0.1, -0.05) is 30.3 Å². The van der Waals surface area contributed by atoms with Gasteiger partial charge in [-0.15, -0.1) is 0 Å². The van der Waals surface area contributed by atoms with Gasteiger partial charge in [0.05, 0.1) is 35.7 Å². The first-order valence-electron chi connectivity index (χ1n) is 11.2. The maximum atomic E-state index is 13.2. The Bertz CT molecular complexity index is 1400. The van der Waals surface area contributed by atoms with Crippen LogP contribution in [0.15, 0.2) is 91.4 Å². The van der Waals surface area contributed by atoms with Crippen molar-refractivity contribution < 1.29 is 9.53 Å². The molecule has 0 saturated heterocycles. The fraction of sp³-hybridized carbons (Fsp3) is 0.148. The Kier molecular flexibility index (Phi) is 6.07. The van der Waals surface area contributed by atoms with Gasteiger partial charge < -0.3 is 14.6 Å². The minimum atomic E-state index is -0.150. The number of carbonyl (C=O) groups is 1. The van der Waals surface area contributed by atoms with Crippen molar-refractivity contribution in [2.24, 2.45) is 0 Å². The van der Waals surface area contributed by atoms with E-state index in [4.69, 9.17) is 9.84 Å². The third kappa shape index (κ3) is 4.41. The summed E-state index contributed by atoms with van der Waals surface area (Å²) in [4.78, 5) is 17.6. The lowest BCUT2D eigenvalue weighted by atomic mass is 10.1. The number of fused-ring (bicyclic) bond motifs is 1. The van der Waals surface area contributed by atoms with Crippen LogP contribution in [0.25, 0.3) is 28.0 Å². The predicted octanol–water partition coefficient (Wildman–Crippen LogP) is 4.72. The van der Waals surface area contributed by atoms with Crippen LogP contribution in [0, 0.1) is 0 Å². The lowest BCUT2D eigenvalue weighted by molar-refractivity contribution is 0.0953. The molecule has 1 amide bonds. The van der Waals surface area contributed by atoms with Crippen molar-refractivity contribution in [3.8, 4) is 22.7 Å². The summed E-state index contributed by atoms with van der Waals surface area (Å²) in [6.07, 6.45) is 4.42. The predicted molar refractivity (Wildman–Crippen MR) is 132 cm³/mol. The number of para-hydroxylation sites is 3. The lowest BCUT2D eigenvalue weighted by Gasteiger charge is -2.07. The van der Waals surface area contributed by atoms with Crippen LogP contribution in [0.3, 0.4) is 0 Å². The van der Waals surface area contributed by atoms with Crippen molar-refractivity contribution in [1.82, 2.24) is 24.6 Å². The Morgan fingerprint density at radius 3 is 2.53 bits per heavy atom. The highest BCUT2D eigenvalue weighted by molar-refractivity contribution is 6.00. The molecule has 0 saturated carbocycles. The van der Waals surface area contributed by atoms with Gasteiger partial charge in [0.1, 0.15) is 11.4 Å². The molecule has 7 nitrogen and oxygen atoms in total. The number of nitrogens with one attached hydrogen (secondary N) is 1. The van der Waals surface area contributed by atoms with Crippen molar-refractivity contribution >= 4 is 16.9 Å². The fourth-order valence-electron chi connectivity index (χ4n) is 3.95. The summed E-state index contributed by atoms with van der Waals surface area (Å²) in [6.45, 7) is 1.32. The van der Waals surface area contributed by atoms with Crippen molar-refractivity contribution in [3.63, 3.8) is 0 Å². The molecule has 0 atom stereocenters. The zero-order chi connectivity index (χ0) is 23.3. The zero-order valence-corrected chi connectivity index (χ0v) is 18.9. The van der Waals surface area contributed by atoms with Crippen LogP contribution in [0.2, 0.25) is 0 Å². The molecule has 0 aliphatic heterocycles. The van der Waals surface area contributed by atoms with E-state index in [0.29, 0.717) is 17.8 Å². The highest BCUT2D eigenvalue weighted by Gasteiger charge is 2.18. The number of rotatable bonds is 8. The maximum Gasteiger partial charge on any atom is 0.255 e. The molecule has 0 unspecified atom stereocenters. The van der Waals surface area contributed by atoms with Crippen LogP contribution in [0.4, 0.5) is 0 Å². The molecule has 0 fully saturated rings. The monoisotopic (exact) mass is 451 g/mol. The molecule has 0 aliphatic rings. The topological polar surface area (TPSA) is 74.0 Å². The van der Waals surface area contributed by atoms with E-state index in [-0.39, 0.29) is 5.91 Å². The molecular formula is C27H25N5O2. The van der Waals surface area contributed by atoms with Crippen LogP contribution in [-0.4, -0.2) is 38.9 Å². The second kappa shape index (κ2) is 9.62. The van der Waals surface area contributed by atoms with E-state index < -0.39 is 0 Å². The number of hydrogen-bond acceptors (Lipinski definition) is 4. The second-order valence-corrected chi connectivity index (χ2v) is 7.94. The third-order valence-electron chi connectivity index (χ3n) is 5.73. The minimum Gasteiger partial charge on any atom is -0.497 e. The SMILES string of the molecule is COc1ccc(-c2nn(-c3ccccc3)cc2C(=O)NCCCn2cnc3ccccc32)cc1. The number of carbonyl (C=O) groups excluding carboxylic acids is 1. The van der Waals surface area contributed by atoms with Gasteiger partial charge in [0, 0.05) is 24.8 Å². The first kappa shape index (κ1) is 21.5. The highest BCUT2D eigenvalue weighted by atomic mass is 16.5. The molecule has 0 spiro atoms. The zero-order valence-electron chi connectivity index (χ0n) is 18.9. The summed E-state index contributed by atoms with van der Waals surface area (Å²) in [5.74, 6) is 0.604. The Hall–Kier alpha value is -4.39. The lowest BCUT2D eigenvalue weighted by Crippen LogP contribution is -2.25. The van der Waals surface area contributed by atoms with Crippen molar-refractivity contribution in [2.75, 3.05) is 13.7 Å². The number of imidazole rings is 1. The van der Waals surface area contributed by atoms with Crippen molar-refractivity contribution in [3.05, 3.63) is 97.0 Å². The largest absolute Gasteiger partial charge is 0.497 e. The van der Waals surface area contributed by atoms with Crippen LogP contribution in [0.1, 0.15) is 16.8 Å². The number of nitrogens with zero attached hydrogens (tertiary/aromatic N) is 4. The average molecular weight is 452 g/mol. The number of methoxy groups -OCH3 is 1. The normalized spacial score (nSPS) is 11.0. The number of benzene rings is 3. The Morgan fingerprint density at radius 1 is 0.971 bits per heavy atom. The van der Waals surface area contributed by atoms with Crippen LogP contribution < -0.4 is 10.1 Å². The van der Waals surface area contributed by atoms with Crippen molar-refractivity contribution in [2.45, 2.75) is 13.0 Å². The molecular weight excluding hydrogens is 426 g/mol. The highest BCUT2D eigenvalue weighted by Crippen LogP contribution is 2.26. The molecule has 2 aromatic heterocycles. The second-order valence-electron chi connectivity index (χ2n) is 7.94. The number of aryl methyl sites for hydroxylation is 1. The molecule has 3 aromatic carbocycles. The summed E-state index contributed by atoms with van der Waals surface area (Å²) < 4.78 is 9.12. The summed E-state index contributed by atoms with van der Waals surface area (Å²) >= 11 is 0. The van der Waals surface area contributed by atoms with Gasteiger partial charge in [-0.25, -0.2) is 9.67 Å². The van der Waals surface area contributed by atoms with Gasteiger partial charge in [0.25, 0.3) is 5.91 Å². The molecule has 2 heterocycles. The van der Waals surface area contributed by atoms with E-state index in [9.17, 15) is 4.79 Å². The Labute approximate surface area is 197 Å². The van der Waals surface area contributed by atoms with E-state index in [1.54, 1.807) is 18.0 Å². The molecule has 7 heteroatoms. The standard InChI is InChI=1S/C27H25N5O2/c1-34-22-14-12-20(13-15-22)26-23(18-32(30-26)21-8-3-2-4-9-21)27(33)28-16-7-17-31-19-29-24-10-5-6-11-25(24)31/h2-6,8-15,18-19H,7,16-17H2,1H3,(H,28,33). The fourth-order valence-corrected chi connectivity index (χ4v) is 3.95. The number of hydrogen-bond donors (Lipinski definition) is 1. The summed E-state index contributed by atoms with van der Waals surface area (Å²) in [5.41, 5.74) is 4.98. The van der Waals surface area contributed by atoms with Gasteiger partial charge in [0.15, 0.2) is 0 Å². The molecule has 0 bridgehead atoms. The van der Waals surface area contributed by atoms with E-state index >= 15 is 0 Å². The van der Waals surface area contributed by atoms with Crippen molar-refractivity contribution in [1.29, 1.82) is 0 Å². The van der Waals surface area contributed by atoms with Gasteiger partial charge in [-0.3, -0.25) is 4.79 Å². The van der Waals surface area contributed by atoms with E-state index in [1.165, 1.54) is 0 Å². The molecule has 0 aliphatic carbocycles. The smallest absolute Gasteiger partial charge is 0.255 e. The van der Waals surface area contributed by atoms with E-state index in [2.05, 4.69) is 20.9 Å². The van der Waals surface area contributed by atoms with Crippen LogP contribution >= 0.6 is 0 Å². The third-order valence-corrected chi connectivity index (χ3v) is 5.73. The van der Waals surface area contributed by atoms with Gasteiger partial charge in [0.2, 0.25) is 0 Å². The molecule has 5 rings (SSSR count). The first-order valence-corrected chi connectivity index (χ1v) is 11.2. The Balaban J connectivity index is 1.33. The quantitative estimate of drug-likeness (QED) is 0.347. The minimum absolute atomic E-state index is 0.150. The first-order chi connectivity index (χ1) is 16.7. The van der Waals surface area contributed by atoms with Gasteiger partial charge >= 0.3 is 0 Å². The van der Waals surface area contributed by atoms with Crippen LogP contribution in [0.5, 0.6) is 5.75 Å². The van der Waals surface area contributed by atoms with Gasteiger partial charge in [-0.05, 0) is 55.0 Å².